The Balaban J connectivity index is 1.75. The van der Waals surface area contributed by atoms with Crippen LogP contribution < -0.4 is 4.90 Å². The Morgan fingerprint density at radius 2 is 1.77 bits per heavy atom. The molecule has 1 spiro atoms. The van der Waals surface area contributed by atoms with Crippen molar-refractivity contribution in [3.05, 3.63) is 77.4 Å². The second-order valence-corrected chi connectivity index (χ2v) is 9.81. The highest BCUT2D eigenvalue weighted by Gasteiger charge is 2.57. The average molecular weight is 420 g/mol. The zero-order valence-electron chi connectivity index (χ0n) is 16.6. The second kappa shape index (κ2) is 6.15. The number of sulfonamides is 1. The molecule has 2 aromatic carbocycles. The summed E-state index contributed by atoms with van der Waals surface area (Å²) in [4.78, 5) is 28.6. The van der Waals surface area contributed by atoms with Crippen LogP contribution in [0.15, 0.2) is 71.2 Å². The van der Waals surface area contributed by atoms with Crippen molar-refractivity contribution < 1.29 is 18.0 Å². The number of rotatable bonds is 2. The molecule has 0 saturated heterocycles. The van der Waals surface area contributed by atoms with Gasteiger partial charge >= 0.3 is 0 Å². The topological polar surface area (TPSA) is 74.8 Å². The number of nitrogens with zero attached hydrogens (tertiary/aromatic N) is 2. The van der Waals surface area contributed by atoms with Crippen LogP contribution in [-0.4, -0.2) is 31.1 Å². The van der Waals surface area contributed by atoms with E-state index in [9.17, 15) is 18.0 Å². The maximum Gasteiger partial charge on any atom is 0.271 e. The number of para-hydroxylation sites is 1. The second-order valence-electron chi connectivity index (χ2n) is 8.05. The Bertz CT molecular complexity index is 1290. The zero-order chi connectivity index (χ0) is 21.3. The van der Waals surface area contributed by atoms with E-state index >= 15 is 0 Å². The zero-order valence-corrected chi connectivity index (χ0v) is 17.4. The Kier molecular flexibility index (Phi) is 3.86. The van der Waals surface area contributed by atoms with Crippen molar-refractivity contribution in [2.45, 2.75) is 30.6 Å². The minimum atomic E-state index is -3.95. The molecule has 3 aliphatic rings. The Hall–Kier alpha value is -3.19. The molecule has 0 unspecified atom stereocenters. The van der Waals surface area contributed by atoms with Gasteiger partial charge in [-0.2, -0.15) is 0 Å². The van der Waals surface area contributed by atoms with Crippen LogP contribution in [0.5, 0.6) is 0 Å². The van der Waals surface area contributed by atoms with Gasteiger partial charge in [0.15, 0.2) is 0 Å². The maximum absolute atomic E-state index is 13.7. The van der Waals surface area contributed by atoms with E-state index < -0.39 is 21.3 Å². The Labute approximate surface area is 175 Å². The molecule has 0 aliphatic carbocycles. The van der Waals surface area contributed by atoms with Crippen molar-refractivity contribution >= 4 is 33.2 Å². The minimum absolute atomic E-state index is 0.0989. The lowest BCUT2D eigenvalue weighted by molar-refractivity contribution is -0.130. The predicted octanol–water partition coefficient (Wildman–Crippen LogP) is 3.21. The first-order valence-electron chi connectivity index (χ1n) is 9.73. The molecular formula is C23H20N2O4S. The van der Waals surface area contributed by atoms with Gasteiger partial charge in [0.2, 0.25) is 11.8 Å². The van der Waals surface area contributed by atoms with Gasteiger partial charge in [-0.1, -0.05) is 48.0 Å². The predicted molar refractivity (Wildman–Crippen MR) is 113 cm³/mol. The van der Waals surface area contributed by atoms with Crippen LogP contribution >= 0.6 is 0 Å². The number of carbonyl (C=O) groups excluding carboxylic acids is 2. The van der Waals surface area contributed by atoms with Crippen molar-refractivity contribution in [2.24, 2.45) is 0 Å². The lowest BCUT2D eigenvalue weighted by Crippen LogP contribution is -2.47. The van der Waals surface area contributed by atoms with Gasteiger partial charge < -0.3 is 4.90 Å². The molecule has 7 heteroatoms. The number of fused-ring (bicyclic) bond motifs is 5. The third kappa shape index (κ3) is 2.32. The van der Waals surface area contributed by atoms with Crippen LogP contribution in [-0.2, 0) is 25.0 Å². The van der Waals surface area contributed by atoms with Gasteiger partial charge in [0.05, 0.1) is 17.0 Å². The van der Waals surface area contributed by atoms with Crippen molar-refractivity contribution in [3.8, 4) is 0 Å². The molecule has 2 aromatic rings. The van der Waals surface area contributed by atoms with E-state index in [0.717, 1.165) is 21.1 Å². The number of anilines is 1. The molecule has 30 heavy (non-hydrogen) atoms. The third-order valence-corrected chi connectivity index (χ3v) is 7.72. The number of hydrogen-bond acceptors (Lipinski definition) is 4. The van der Waals surface area contributed by atoms with Crippen molar-refractivity contribution in [2.75, 3.05) is 11.4 Å². The monoisotopic (exact) mass is 420 g/mol. The van der Waals surface area contributed by atoms with Crippen LogP contribution in [0, 0.1) is 0 Å². The molecule has 0 fully saturated rings. The van der Waals surface area contributed by atoms with Crippen molar-refractivity contribution in [1.82, 2.24) is 4.31 Å². The lowest BCUT2D eigenvalue weighted by atomic mass is 9.75. The molecule has 2 amide bonds. The Morgan fingerprint density at radius 3 is 2.53 bits per heavy atom. The van der Waals surface area contributed by atoms with Crippen LogP contribution in [0.2, 0.25) is 0 Å². The van der Waals surface area contributed by atoms with Crippen LogP contribution in [0.1, 0.15) is 31.4 Å². The summed E-state index contributed by atoms with van der Waals surface area (Å²) in [6.07, 6.45) is 3.43. The van der Waals surface area contributed by atoms with E-state index in [1.54, 1.807) is 29.2 Å². The Morgan fingerprint density at radius 1 is 1.07 bits per heavy atom. The smallest absolute Gasteiger partial charge is 0.271 e. The summed E-state index contributed by atoms with van der Waals surface area (Å²) in [6.45, 7) is 4.33. The first-order chi connectivity index (χ1) is 14.3. The van der Waals surface area contributed by atoms with Crippen LogP contribution in [0.3, 0.4) is 0 Å². The molecular weight excluding hydrogens is 400 g/mol. The molecule has 0 radical (unpaired) electrons. The van der Waals surface area contributed by atoms with Crippen LogP contribution in [0.4, 0.5) is 5.69 Å². The van der Waals surface area contributed by atoms with E-state index in [-0.39, 0.29) is 22.9 Å². The summed E-state index contributed by atoms with van der Waals surface area (Å²) >= 11 is 0. The molecule has 152 valence electrons. The van der Waals surface area contributed by atoms with Gasteiger partial charge in [-0.3, -0.25) is 9.59 Å². The summed E-state index contributed by atoms with van der Waals surface area (Å²) in [5.41, 5.74) is 2.10. The molecule has 0 aromatic heterocycles. The van der Waals surface area contributed by atoms with Gasteiger partial charge in [-0.25, -0.2) is 12.7 Å². The number of benzene rings is 2. The standard InChI is InChI=1S/C23H20N2O4S/c1-15(2)11-12-24-18-9-5-4-8-17(18)23(22(24)27)13-19-16-7-3-6-10-20(16)30(28,29)25(19)21(26)14-23/h3-11,13H,12,14H2,1-2H3/t23-/m1/s1. The largest absolute Gasteiger partial charge is 0.307 e. The van der Waals surface area contributed by atoms with Gasteiger partial charge in [-0.05, 0) is 37.6 Å². The van der Waals surface area contributed by atoms with Gasteiger partial charge in [0, 0.05) is 17.8 Å². The molecule has 3 heterocycles. The van der Waals surface area contributed by atoms with E-state index in [4.69, 9.17) is 0 Å². The average Bonchev–Trinajstić information content (AvgIpc) is 3.08. The summed E-state index contributed by atoms with van der Waals surface area (Å²) in [7, 11) is -3.95. The lowest BCUT2D eigenvalue weighted by Gasteiger charge is -2.33. The summed E-state index contributed by atoms with van der Waals surface area (Å²) in [6, 6.07) is 14.0. The maximum atomic E-state index is 13.7. The first-order valence-corrected chi connectivity index (χ1v) is 11.2. The molecule has 0 N–H and O–H groups in total. The highest BCUT2D eigenvalue weighted by atomic mass is 32.2. The fourth-order valence-electron chi connectivity index (χ4n) is 4.56. The summed E-state index contributed by atoms with van der Waals surface area (Å²) in [5, 5.41) is 0. The van der Waals surface area contributed by atoms with E-state index in [0.29, 0.717) is 12.1 Å². The number of amides is 2. The molecule has 0 bridgehead atoms. The van der Waals surface area contributed by atoms with Gasteiger partial charge in [0.25, 0.3) is 10.0 Å². The van der Waals surface area contributed by atoms with E-state index in [2.05, 4.69) is 0 Å². The fraction of sp³-hybridized carbons (Fsp3) is 0.217. The van der Waals surface area contributed by atoms with Crippen LogP contribution in [0.25, 0.3) is 5.70 Å². The number of carbonyl (C=O) groups is 2. The molecule has 0 saturated carbocycles. The molecule has 3 aliphatic heterocycles. The first kappa shape index (κ1) is 18.8. The minimum Gasteiger partial charge on any atom is -0.307 e. The number of hydrogen-bond donors (Lipinski definition) is 0. The van der Waals surface area contributed by atoms with Gasteiger partial charge in [0.1, 0.15) is 5.41 Å². The molecule has 6 nitrogen and oxygen atoms in total. The third-order valence-electron chi connectivity index (χ3n) is 5.92. The fourth-order valence-corrected chi connectivity index (χ4v) is 6.20. The van der Waals surface area contributed by atoms with E-state index in [1.807, 2.05) is 44.2 Å². The molecule has 5 rings (SSSR count). The summed E-state index contributed by atoms with van der Waals surface area (Å²) < 4.78 is 26.8. The number of allylic oxidation sites excluding steroid dienone is 1. The summed E-state index contributed by atoms with van der Waals surface area (Å²) in [5.74, 6) is -0.792. The highest BCUT2D eigenvalue weighted by molar-refractivity contribution is 7.90. The SMILES string of the molecule is CC(C)=CCN1C(=O)[C@@]2(C=C3c4ccccc4S(=O)(=O)N3C(=O)C2)c2ccccc21. The molecule has 1 atom stereocenters. The quantitative estimate of drug-likeness (QED) is 0.700. The normalized spacial score (nSPS) is 23.2. The van der Waals surface area contributed by atoms with Gasteiger partial charge in [-0.15, -0.1) is 0 Å². The van der Waals surface area contributed by atoms with Crippen molar-refractivity contribution in [1.29, 1.82) is 0 Å². The van der Waals surface area contributed by atoms with E-state index in [1.165, 1.54) is 6.07 Å². The highest BCUT2D eigenvalue weighted by Crippen LogP contribution is 2.52. The van der Waals surface area contributed by atoms with Crippen molar-refractivity contribution in [3.63, 3.8) is 0 Å².